The van der Waals surface area contributed by atoms with Crippen molar-refractivity contribution in [2.24, 2.45) is 22.9 Å². The van der Waals surface area contributed by atoms with Gasteiger partial charge in [0.2, 0.25) is 11.8 Å². The Bertz CT molecular complexity index is 2920. The highest BCUT2D eigenvalue weighted by Crippen LogP contribution is 2.41. The minimum atomic E-state index is -0.856. The Labute approximate surface area is 431 Å². The van der Waals surface area contributed by atoms with Crippen LogP contribution in [0, 0.1) is 0 Å². The maximum atomic E-state index is 14.3. The number of hydrogen-bond donors (Lipinski definition) is 8. The quantitative estimate of drug-likeness (QED) is 0.0380. The van der Waals surface area contributed by atoms with Gasteiger partial charge in [0, 0.05) is 35.7 Å². The second-order valence-corrected chi connectivity index (χ2v) is 22.2. The van der Waals surface area contributed by atoms with Gasteiger partial charge in [-0.15, -0.1) is 23.5 Å². The van der Waals surface area contributed by atoms with Gasteiger partial charge in [-0.3, -0.25) is 19.2 Å². The van der Waals surface area contributed by atoms with Crippen LogP contribution in [0.15, 0.2) is 143 Å². The summed E-state index contributed by atoms with van der Waals surface area (Å²) in [7, 11) is 0. The summed E-state index contributed by atoms with van der Waals surface area (Å²) < 4.78 is 0. The lowest BCUT2D eigenvalue weighted by atomic mass is 9.86. The minimum absolute atomic E-state index is 0.233. The van der Waals surface area contributed by atoms with Gasteiger partial charge < -0.3 is 44.2 Å². The lowest BCUT2D eigenvalue weighted by molar-refractivity contribution is -0.118. The molecule has 0 radical (unpaired) electrons. The van der Waals surface area contributed by atoms with E-state index in [1.54, 1.807) is 18.2 Å². The van der Waals surface area contributed by atoms with E-state index in [-0.39, 0.29) is 33.8 Å². The predicted octanol–water partition coefficient (Wildman–Crippen LogP) is 10.2. The van der Waals surface area contributed by atoms with Gasteiger partial charge in [-0.05, 0) is 110 Å². The molecule has 0 saturated carbocycles. The van der Waals surface area contributed by atoms with Crippen LogP contribution in [0.25, 0.3) is 21.5 Å². The summed E-state index contributed by atoms with van der Waals surface area (Å²) >= 11 is 2.82. The zero-order chi connectivity index (χ0) is 51.7. The highest BCUT2D eigenvalue weighted by atomic mass is 32.2. The van der Waals surface area contributed by atoms with Gasteiger partial charge in [-0.25, -0.2) is 0 Å². The first-order valence-electron chi connectivity index (χ1n) is 24.1. The third-order valence-corrected chi connectivity index (χ3v) is 14.6. The van der Waals surface area contributed by atoms with Crippen molar-refractivity contribution in [1.82, 2.24) is 0 Å². The molecule has 12 nitrogen and oxygen atoms in total. The Balaban J connectivity index is 1.13. The fourth-order valence-electron chi connectivity index (χ4n) is 8.19. The van der Waals surface area contributed by atoms with Gasteiger partial charge in [-0.2, -0.15) is 0 Å². The summed E-state index contributed by atoms with van der Waals surface area (Å²) in [6, 6.07) is 40.6. The molecule has 7 aromatic carbocycles. The zero-order valence-electron chi connectivity index (χ0n) is 41.9. The number of carbonyl (C=O) groups is 4. The number of benzene rings is 7. The van der Waals surface area contributed by atoms with Gasteiger partial charge in [-0.1, -0.05) is 133 Å². The molecule has 0 spiro atoms. The minimum Gasteiger partial charge on any atom is -0.330 e. The molecule has 7 aromatic rings. The van der Waals surface area contributed by atoms with Crippen LogP contribution in [0.3, 0.4) is 0 Å². The summed E-state index contributed by atoms with van der Waals surface area (Å²) in [6.45, 7) is 13.0. The van der Waals surface area contributed by atoms with E-state index in [4.69, 9.17) is 22.9 Å². The van der Waals surface area contributed by atoms with E-state index >= 15 is 0 Å². The second-order valence-electron chi connectivity index (χ2n) is 20.0. The molecule has 0 unspecified atom stereocenters. The molecular formula is C58H66N8O4S2. The average molecular weight is 1000 g/mol. The number of amides is 4. The molecule has 0 aliphatic heterocycles. The first-order valence-corrected chi connectivity index (χ1v) is 26.1. The van der Waals surface area contributed by atoms with Crippen LogP contribution in [0.5, 0.6) is 0 Å². The number of nitrogens with one attached hydrogen (secondary N) is 4. The van der Waals surface area contributed by atoms with E-state index < -0.39 is 23.9 Å². The van der Waals surface area contributed by atoms with Gasteiger partial charge in [0.15, 0.2) is 0 Å². The Hall–Kier alpha value is -6.52. The molecule has 0 aliphatic rings. The molecule has 7 rings (SSSR count). The molecule has 4 amide bonds. The molecule has 0 aliphatic carbocycles. The van der Waals surface area contributed by atoms with Crippen LogP contribution in [0.2, 0.25) is 0 Å². The third kappa shape index (κ3) is 13.5. The van der Waals surface area contributed by atoms with Crippen molar-refractivity contribution >= 4 is 91.4 Å². The molecule has 12 N–H and O–H groups in total. The molecule has 0 heterocycles. The topological polar surface area (TPSA) is 220 Å². The highest BCUT2D eigenvalue weighted by Gasteiger charge is 2.26. The van der Waals surface area contributed by atoms with Crippen molar-refractivity contribution in [2.45, 2.75) is 87.1 Å². The van der Waals surface area contributed by atoms with Crippen LogP contribution in [-0.4, -0.2) is 60.3 Å². The van der Waals surface area contributed by atoms with Crippen LogP contribution in [0.1, 0.15) is 84.5 Å². The van der Waals surface area contributed by atoms with E-state index in [1.807, 2.05) is 109 Å². The lowest BCUT2D eigenvalue weighted by Gasteiger charge is -2.25. The fourth-order valence-corrected chi connectivity index (χ4v) is 9.90. The monoisotopic (exact) mass is 1000 g/mol. The molecular weight excluding hydrogens is 937 g/mol. The molecule has 374 valence electrons. The average Bonchev–Trinajstić information content (AvgIpc) is 3.35. The van der Waals surface area contributed by atoms with E-state index in [1.165, 1.54) is 29.6 Å². The Kier molecular flexibility index (Phi) is 17.3. The third-order valence-electron chi connectivity index (χ3n) is 12.3. The lowest BCUT2D eigenvalue weighted by Crippen LogP contribution is -2.37. The van der Waals surface area contributed by atoms with Crippen molar-refractivity contribution in [3.63, 3.8) is 0 Å². The molecule has 0 bridgehead atoms. The maximum absolute atomic E-state index is 14.3. The summed E-state index contributed by atoms with van der Waals surface area (Å²) in [4.78, 5) is 57.6. The number of thioether (sulfide) groups is 2. The van der Waals surface area contributed by atoms with Crippen molar-refractivity contribution in [2.75, 3.05) is 45.9 Å². The highest BCUT2D eigenvalue weighted by molar-refractivity contribution is 7.99. The number of anilines is 4. The molecule has 0 fully saturated rings. The Morgan fingerprint density at radius 3 is 1.18 bits per heavy atom. The first kappa shape index (κ1) is 53.3. The fraction of sp³-hybridized carbons (Fsp3) is 0.276. The maximum Gasteiger partial charge on any atom is 0.255 e. The van der Waals surface area contributed by atoms with Gasteiger partial charge in [0.1, 0.15) is 0 Å². The van der Waals surface area contributed by atoms with Crippen LogP contribution in [-0.2, 0) is 33.3 Å². The number of nitrogens with two attached hydrogens (primary N) is 4. The molecule has 0 aromatic heterocycles. The Morgan fingerprint density at radius 2 is 0.819 bits per heavy atom. The van der Waals surface area contributed by atoms with Crippen molar-refractivity contribution in [1.29, 1.82) is 0 Å². The van der Waals surface area contributed by atoms with E-state index in [0.717, 1.165) is 43.8 Å². The van der Waals surface area contributed by atoms with Crippen molar-refractivity contribution < 1.29 is 19.2 Å². The van der Waals surface area contributed by atoms with Crippen molar-refractivity contribution in [3.05, 3.63) is 167 Å². The zero-order valence-corrected chi connectivity index (χ0v) is 43.5. The van der Waals surface area contributed by atoms with Gasteiger partial charge in [0.25, 0.3) is 11.8 Å². The Morgan fingerprint density at radius 1 is 0.458 bits per heavy atom. The summed E-state index contributed by atoms with van der Waals surface area (Å²) in [5, 5.41) is 16.7. The standard InChI is InChI=1S/C58H66N8O4S2/c1-57(2,3)43-31-47(51(71-24-22-59)49(33-43)65-55(69)45(61)28-35-18-20-37-12-7-9-14-39(37)26-35)63-53(67)41-16-11-17-42(30-41)54(68)64-48-32-44(58(4,5)6)34-50(52(48)72-25-23-60)66-56(70)46(62)29-36-19-21-38-13-8-10-15-40(38)27-36/h7-21,26-27,30-34,45-46H,22-25,28-29,59-62H2,1-6H3,(H,63,67)(H,64,68)(H,65,69)(H,66,70)/t45-,46-/m0/s1. The second kappa shape index (κ2) is 23.4. The summed E-state index contributed by atoms with van der Waals surface area (Å²) in [5.74, 6) is -0.653. The van der Waals surface area contributed by atoms with Crippen LogP contribution < -0.4 is 44.2 Å². The number of fused-ring (bicyclic) bond motifs is 2. The molecule has 0 saturated heterocycles. The smallest absolute Gasteiger partial charge is 0.255 e. The predicted molar refractivity (Wildman–Crippen MR) is 301 cm³/mol. The van der Waals surface area contributed by atoms with Gasteiger partial charge >= 0.3 is 0 Å². The SMILES string of the molecule is CC(C)(C)c1cc(NC(=O)c2cccc(C(=O)Nc3cc(C(C)(C)C)cc(NC(=O)[C@@H](N)Cc4ccc5ccccc5c4)c3SCCN)c2)c(SCCN)c(NC(=O)[C@@H](N)Cc2ccc3ccccc3c2)c1. The van der Waals surface area contributed by atoms with Gasteiger partial charge in [0.05, 0.1) is 44.6 Å². The summed E-state index contributed by atoms with van der Waals surface area (Å²) in [5.41, 5.74) is 30.4. The first-order chi connectivity index (χ1) is 34.3. The molecule has 72 heavy (non-hydrogen) atoms. The number of hydrogen-bond acceptors (Lipinski definition) is 10. The van der Waals surface area contributed by atoms with E-state index in [0.29, 0.717) is 70.0 Å². The summed E-state index contributed by atoms with van der Waals surface area (Å²) in [6.07, 6.45) is 0.647. The normalized spacial score (nSPS) is 12.6. The van der Waals surface area contributed by atoms with Crippen LogP contribution >= 0.6 is 23.5 Å². The van der Waals surface area contributed by atoms with E-state index in [2.05, 4.69) is 62.8 Å². The number of rotatable bonds is 18. The van der Waals surface area contributed by atoms with Crippen molar-refractivity contribution in [3.8, 4) is 0 Å². The largest absolute Gasteiger partial charge is 0.330 e. The van der Waals surface area contributed by atoms with E-state index in [9.17, 15) is 19.2 Å². The molecule has 2 atom stereocenters. The number of carbonyl (C=O) groups excluding carboxylic acids is 4. The molecule has 14 heteroatoms. The van der Waals surface area contributed by atoms with Crippen LogP contribution in [0.4, 0.5) is 22.7 Å².